The number of aliphatic hydroxyl groups excluding tert-OH is 1. The molecule has 1 atom stereocenters. The number of benzene rings is 2. The van der Waals surface area contributed by atoms with Crippen molar-refractivity contribution in [3.05, 3.63) is 76.0 Å². The van der Waals surface area contributed by atoms with Gasteiger partial charge in [0.1, 0.15) is 19.3 Å². The van der Waals surface area contributed by atoms with Crippen LogP contribution in [-0.4, -0.2) is 24.2 Å². The second-order valence-corrected chi connectivity index (χ2v) is 6.84. The van der Waals surface area contributed by atoms with Gasteiger partial charge < -0.3 is 19.9 Å². The fraction of sp³-hybridized carbons (Fsp3) is 0.150. The van der Waals surface area contributed by atoms with Crippen LogP contribution in [0.15, 0.2) is 60.0 Å². The molecule has 6 heteroatoms. The summed E-state index contributed by atoms with van der Waals surface area (Å²) in [4.78, 5) is 13.4. The first-order chi connectivity index (χ1) is 12.7. The molecule has 0 saturated carbocycles. The molecule has 3 aromatic rings. The number of carbonyl (C=O) groups is 1. The Morgan fingerprint density at radius 3 is 2.69 bits per heavy atom. The van der Waals surface area contributed by atoms with Gasteiger partial charge in [-0.05, 0) is 47.3 Å². The number of ether oxygens (including phenoxy) is 2. The van der Waals surface area contributed by atoms with Gasteiger partial charge in [-0.3, -0.25) is 4.79 Å². The van der Waals surface area contributed by atoms with Crippen LogP contribution in [0, 0.1) is 0 Å². The Kier molecular flexibility index (Phi) is 4.60. The van der Waals surface area contributed by atoms with Crippen LogP contribution < -0.4 is 14.8 Å². The lowest BCUT2D eigenvalue weighted by Gasteiger charge is -2.18. The average Bonchev–Trinajstić information content (AvgIpc) is 3.22. The lowest BCUT2D eigenvalue weighted by atomic mass is 10.1. The summed E-state index contributed by atoms with van der Waals surface area (Å²) in [6, 6.07) is 16.1. The summed E-state index contributed by atoms with van der Waals surface area (Å²) >= 11 is 1.49. The van der Waals surface area contributed by atoms with Crippen molar-refractivity contribution in [1.82, 2.24) is 0 Å². The van der Waals surface area contributed by atoms with E-state index in [4.69, 9.17) is 9.47 Å². The Labute approximate surface area is 154 Å². The molecule has 0 saturated heterocycles. The molecule has 2 N–H and O–H groups in total. The molecule has 0 bridgehead atoms. The fourth-order valence-corrected chi connectivity index (χ4v) is 3.52. The third kappa shape index (κ3) is 3.42. The Balaban J connectivity index is 1.52. The molecule has 1 aromatic heterocycles. The third-order valence-corrected chi connectivity index (χ3v) is 5.00. The Hall–Kier alpha value is -2.83. The molecule has 0 radical (unpaired) electrons. The lowest BCUT2D eigenvalue weighted by Crippen LogP contribution is -2.17. The SMILES string of the molecule is O=C(Nc1cccc(C(O)c2cccs2)c1)c1ccc2c(c1)OCCO2. The predicted octanol–water partition coefficient (Wildman–Crippen LogP) is 3.85. The van der Waals surface area contributed by atoms with Crippen LogP contribution in [0.5, 0.6) is 11.5 Å². The van der Waals surface area contributed by atoms with Crippen LogP contribution in [0.1, 0.15) is 26.9 Å². The van der Waals surface area contributed by atoms with Crippen molar-refractivity contribution in [1.29, 1.82) is 0 Å². The number of rotatable bonds is 4. The van der Waals surface area contributed by atoms with Crippen molar-refractivity contribution < 1.29 is 19.4 Å². The zero-order valence-electron chi connectivity index (χ0n) is 13.8. The Morgan fingerprint density at radius 1 is 1.04 bits per heavy atom. The zero-order valence-corrected chi connectivity index (χ0v) is 14.7. The van der Waals surface area contributed by atoms with Gasteiger partial charge in [-0.15, -0.1) is 11.3 Å². The lowest BCUT2D eigenvalue weighted by molar-refractivity contribution is 0.102. The van der Waals surface area contributed by atoms with E-state index in [-0.39, 0.29) is 5.91 Å². The normalized spacial score (nSPS) is 13.9. The zero-order chi connectivity index (χ0) is 17.9. The summed E-state index contributed by atoms with van der Waals surface area (Å²) in [6.45, 7) is 0.985. The van der Waals surface area contributed by atoms with Gasteiger partial charge in [-0.1, -0.05) is 18.2 Å². The molecule has 2 aromatic carbocycles. The minimum Gasteiger partial charge on any atom is -0.486 e. The first kappa shape index (κ1) is 16.6. The second kappa shape index (κ2) is 7.19. The number of amides is 1. The Bertz CT molecular complexity index is 923. The van der Waals surface area contributed by atoms with E-state index in [9.17, 15) is 9.90 Å². The first-order valence-electron chi connectivity index (χ1n) is 8.23. The monoisotopic (exact) mass is 367 g/mol. The minimum atomic E-state index is -0.707. The third-order valence-electron chi connectivity index (χ3n) is 4.08. The van der Waals surface area contributed by atoms with Crippen molar-refractivity contribution in [2.75, 3.05) is 18.5 Å². The first-order valence-corrected chi connectivity index (χ1v) is 9.11. The van der Waals surface area contributed by atoms with Crippen molar-refractivity contribution >= 4 is 22.9 Å². The number of carbonyl (C=O) groups excluding carboxylic acids is 1. The van der Waals surface area contributed by atoms with E-state index in [1.165, 1.54) is 11.3 Å². The summed E-state index contributed by atoms with van der Waals surface area (Å²) in [6.07, 6.45) is -0.707. The van der Waals surface area contributed by atoms with E-state index in [2.05, 4.69) is 5.32 Å². The summed E-state index contributed by atoms with van der Waals surface area (Å²) in [5, 5.41) is 15.2. The smallest absolute Gasteiger partial charge is 0.255 e. The van der Waals surface area contributed by atoms with Crippen molar-refractivity contribution in [2.45, 2.75) is 6.10 Å². The van der Waals surface area contributed by atoms with Crippen molar-refractivity contribution in [3.8, 4) is 11.5 Å². The molecule has 1 aliphatic rings. The van der Waals surface area contributed by atoms with Gasteiger partial charge in [-0.2, -0.15) is 0 Å². The maximum atomic E-state index is 12.5. The predicted molar refractivity (Wildman–Crippen MR) is 100 cm³/mol. The maximum absolute atomic E-state index is 12.5. The summed E-state index contributed by atoms with van der Waals surface area (Å²) in [7, 11) is 0. The number of fused-ring (bicyclic) bond motifs is 1. The summed E-state index contributed by atoms with van der Waals surface area (Å²) in [5.41, 5.74) is 1.84. The molecule has 1 unspecified atom stereocenters. The van der Waals surface area contributed by atoms with Crippen LogP contribution in [0.3, 0.4) is 0 Å². The fourth-order valence-electron chi connectivity index (χ4n) is 2.79. The molecule has 0 spiro atoms. The number of nitrogens with one attached hydrogen (secondary N) is 1. The van der Waals surface area contributed by atoms with Gasteiger partial charge in [0.05, 0.1) is 0 Å². The van der Waals surface area contributed by atoms with Crippen LogP contribution >= 0.6 is 11.3 Å². The van der Waals surface area contributed by atoms with Gasteiger partial charge in [0.2, 0.25) is 0 Å². The van der Waals surface area contributed by atoms with E-state index in [1.807, 2.05) is 29.6 Å². The second-order valence-electron chi connectivity index (χ2n) is 5.86. The maximum Gasteiger partial charge on any atom is 0.255 e. The van der Waals surface area contributed by atoms with Crippen LogP contribution in [0.4, 0.5) is 5.69 Å². The minimum absolute atomic E-state index is 0.246. The average molecular weight is 367 g/mol. The van der Waals surface area contributed by atoms with Gasteiger partial charge >= 0.3 is 0 Å². The van der Waals surface area contributed by atoms with Crippen LogP contribution in [0.2, 0.25) is 0 Å². The highest BCUT2D eigenvalue weighted by Crippen LogP contribution is 2.31. The largest absolute Gasteiger partial charge is 0.486 e. The molecule has 0 aliphatic carbocycles. The van der Waals surface area contributed by atoms with E-state index < -0.39 is 6.10 Å². The summed E-state index contributed by atoms with van der Waals surface area (Å²) in [5.74, 6) is 0.976. The summed E-state index contributed by atoms with van der Waals surface area (Å²) < 4.78 is 11.0. The number of thiophene rings is 1. The van der Waals surface area contributed by atoms with E-state index in [0.29, 0.717) is 36.0 Å². The highest BCUT2D eigenvalue weighted by Gasteiger charge is 2.16. The van der Waals surface area contributed by atoms with Gasteiger partial charge in [-0.25, -0.2) is 0 Å². The number of aliphatic hydroxyl groups is 1. The van der Waals surface area contributed by atoms with E-state index in [0.717, 1.165) is 10.4 Å². The molecule has 0 fully saturated rings. The topological polar surface area (TPSA) is 67.8 Å². The van der Waals surface area contributed by atoms with Gasteiger partial charge in [0.15, 0.2) is 11.5 Å². The highest BCUT2D eigenvalue weighted by molar-refractivity contribution is 7.10. The molecule has 5 nitrogen and oxygen atoms in total. The van der Waals surface area contributed by atoms with E-state index in [1.54, 1.807) is 30.3 Å². The van der Waals surface area contributed by atoms with Crippen LogP contribution in [-0.2, 0) is 0 Å². The standard InChI is InChI=1S/C20H17NO4S/c22-19(18-5-2-10-26-18)13-3-1-4-15(11-13)21-20(23)14-6-7-16-17(12-14)25-9-8-24-16/h1-7,10-12,19,22H,8-9H2,(H,21,23). The highest BCUT2D eigenvalue weighted by atomic mass is 32.1. The van der Waals surface area contributed by atoms with Crippen molar-refractivity contribution in [2.24, 2.45) is 0 Å². The molecular formula is C20H17NO4S. The van der Waals surface area contributed by atoms with E-state index >= 15 is 0 Å². The molecule has 132 valence electrons. The molecular weight excluding hydrogens is 350 g/mol. The van der Waals surface area contributed by atoms with Gasteiger partial charge in [0, 0.05) is 16.1 Å². The molecule has 26 heavy (non-hydrogen) atoms. The van der Waals surface area contributed by atoms with Crippen LogP contribution in [0.25, 0.3) is 0 Å². The molecule has 2 heterocycles. The number of hydrogen-bond acceptors (Lipinski definition) is 5. The van der Waals surface area contributed by atoms with Crippen molar-refractivity contribution in [3.63, 3.8) is 0 Å². The molecule has 4 rings (SSSR count). The number of anilines is 1. The van der Waals surface area contributed by atoms with Gasteiger partial charge in [0.25, 0.3) is 5.91 Å². The molecule has 1 amide bonds. The molecule has 1 aliphatic heterocycles. The number of hydrogen-bond donors (Lipinski definition) is 2. The Morgan fingerprint density at radius 2 is 1.88 bits per heavy atom. The quantitative estimate of drug-likeness (QED) is 0.735.